The summed E-state index contributed by atoms with van der Waals surface area (Å²) in [6.45, 7) is 12.9. The van der Waals surface area contributed by atoms with Crippen molar-refractivity contribution in [1.82, 2.24) is 0 Å². The molecular weight excluding hydrogens is 1270 g/mol. The van der Waals surface area contributed by atoms with Gasteiger partial charge >= 0.3 is 23.9 Å². The summed E-state index contributed by atoms with van der Waals surface area (Å²) in [5.74, 6) is 2.59. The van der Waals surface area contributed by atoms with Crippen LogP contribution in [-0.2, 0) is 56.6 Å². The summed E-state index contributed by atoms with van der Waals surface area (Å²) < 4.78 is 33.3. The monoisotopic (exact) mass is 1350 g/mol. The second-order valence-corrected chi connectivity index (χ2v) is 29.2. The predicted octanol–water partition coefficient (Wildman–Crippen LogP) is 20.7. The highest BCUT2D eigenvalue weighted by atomic mass is 32.2. The Hall–Kier alpha value is -10.1. The van der Waals surface area contributed by atoms with E-state index in [1.54, 1.807) is 43.3 Å². The van der Waals surface area contributed by atoms with Gasteiger partial charge in [-0.2, -0.15) is 0 Å². The van der Waals surface area contributed by atoms with Gasteiger partial charge in [0.1, 0.15) is 40.2 Å². The minimum Gasteiger partial charge on any atom is -0.457 e. The Morgan fingerprint density at radius 1 is 0.309 bits per heavy atom. The minimum absolute atomic E-state index is 0.115. The number of esters is 4. The molecule has 0 saturated carbocycles. The van der Waals surface area contributed by atoms with E-state index in [4.69, 9.17) is 28.4 Å². The fourth-order valence-electron chi connectivity index (χ4n) is 9.29. The van der Waals surface area contributed by atoms with Crippen molar-refractivity contribution in [3.8, 4) is 40.2 Å². The first-order valence-corrected chi connectivity index (χ1v) is 36.1. The van der Waals surface area contributed by atoms with Crippen LogP contribution in [0.2, 0.25) is 0 Å². The summed E-state index contributed by atoms with van der Waals surface area (Å²) in [4.78, 5) is 59.0. The van der Waals surface area contributed by atoms with Crippen molar-refractivity contribution < 1.29 is 47.6 Å². The summed E-state index contributed by atoms with van der Waals surface area (Å²) in [6.07, 6.45) is 2.14. The lowest BCUT2D eigenvalue weighted by atomic mass is 9.91. The van der Waals surface area contributed by atoms with Crippen molar-refractivity contribution in [1.29, 1.82) is 0 Å². The standard InChI is InChI=1S/C30H29O3S.C29H27O3S.C25H25O4S/c1-4-30(2,3)29(31)33-25-17-15-23(16-18-25)32-24-19-21-28(22-20-24)34(26-11-7-5-8-12-26)27-13-9-6-10-14-27;1-3-22(2)29(30)32-25-16-14-23(15-17-25)31-24-18-20-28(21-19-24)33(26-10-6-4-7-11-26)27-12-8-5-9-13-27;1-3-19(2)25(27)28-18-24(26)29-20-14-16-23(17-15-20)30(21-10-6-4-7-11-21)22-12-8-5-9-13-22/h5-22H,4H2,1-3H3;4-22H,3H2,1-2H3;4-17,19H,3,18H2,1-2H3/q3*+1. The first-order valence-electron chi connectivity index (χ1n) is 32.4. The Morgan fingerprint density at radius 3 is 0.835 bits per heavy atom. The predicted molar refractivity (Wildman–Crippen MR) is 388 cm³/mol. The second kappa shape index (κ2) is 36.2. The summed E-state index contributed by atoms with van der Waals surface area (Å²) in [5.41, 5.74) is -0.505. The van der Waals surface area contributed by atoms with Gasteiger partial charge in [-0.3, -0.25) is 14.4 Å². The highest BCUT2D eigenvalue weighted by Gasteiger charge is 2.32. The van der Waals surface area contributed by atoms with Gasteiger partial charge in [0, 0.05) is 0 Å². The van der Waals surface area contributed by atoms with Gasteiger partial charge in [-0.15, -0.1) is 0 Å². The summed E-state index contributed by atoms with van der Waals surface area (Å²) in [7, 11) is -0.639. The van der Waals surface area contributed by atoms with Crippen molar-refractivity contribution >= 4 is 56.6 Å². The van der Waals surface area contributed by atoms with Crippen molar-refractivity contribution in [3.05, 3.63) is 303 Å². The van der Waals surface area contributed by atoms with E-state index in [9.17, 15) is 19.2 Å². The molecule has 13 heteroatoms. The first kappa shape index (κ1) is 71.2. The highest BCUT2D eigenvalue weighted by molar-refractivity contribution is 7.97. The molecule has 0 amide bonds. The van der Waals surface area contributed by atoms with Crippen LogP contribution in [0.1, 0.15) is 67.7 Å². The smallest absolute Gasteiger partial charge is 0.349 e. The molecule has 492 valence electrons. The summed E-state index contributed by atoms with van der Waals surface area (Å²) >= 11 is 0. The molecule has 11 aromatic rings. The van der Waals surface area contributed by atoms with E-state index in [2.05, 4.69) is 146 Å². The van der Waals surface area contributed by atoms with Gasteiger partial charge in [0.15, 0.2) is 50.7 Å². The number of benzene rings is 11. The van der Waals surface area contributed by atoms with Crippen LogP contribution in [0.4, 0.5) is 0 Å². The first-order chi connectivity index (χ1) is 47.2. The Labute approximate surface area is 579 Å². The largest absolute Gasteiger partial charge is 0.457 e. The molecule has 0 N–H and O–H groups in total. The molecule has 10 nitrogen and oxygen atoms in total. The maximum absolute atomic E-state index is 12.3. The fraction of sp³-hybridized carbons (Fsp3) is 0.167. The Balaban J connectivity index is 0.000000171. The molecule has 11 aromatic carbocycles. The molecule has 0 spiro atoms. The molecule has 0 fully saturated rings. The number of ether oxygens (including phenoxy) is 6. The van der Waals surface area contributed by atoms with E-state index in [1.165, 1.54) is 39.2 Å². The average Bonchev–Trinajstić information content (AvgIpc) is 1.00. The average molecular weight is 1350 g/mol. The number of carbonyl (C=O) groups is 4. The van der Waals surface area contributed by atoms with Gasteiger partial charge in [-0.25, -0.2) is 4.79 Å². The van der Waals surface area contributed by atoms with Crippen molar-refractivity contribution in [2.24, 2.45) is 17.3 Å². The van der Waals surface area contributed by atoms with Crippen LogP contribution in [0.3, 0.4) is 0 Å². The number of carbonyl (C=O) groups excluding carboxylic acids is 4. The van der Waals surface area contributed by atoms with E-state index >= 15 is 0 Å². The van der Waals surface area contributed by atoms with Crippen LogP contribution < -0.4 is 23.7 Å². The lowest BCUT2D eigenvalue weighted by Crippen LogP contribution is -2.28. The van der Waals surface area contributed by atoms with E-state index in [-0.39, 0.29) is 69.0 Å². The van der Waals surface area contributed by atoms with Gasteiger partial charge in [-0.1, -0.05) is 144 Å². The van der Waals surface area contributed by atoms with Crippen molar-refractivity contribution in [3.63, 3.8) is 0 Å². The number of hydrogen-bond donors (Lipinski definition) is 0. The SMILES string of the molecule is CCC(C)(C)C(=O)Oc1ccc(Oc2ccc([S+](c3ccccc3)c3ccccc3)cc2)cc1.CCC(C)C(=O)OCC(=O)Oc1ccc([S+](c2ccccc2)c2ccccc2)cc1.CCC(C)C(=O)Oc1ccc(Oc2ccc([S+](c3ccccc3)c3ccccc3)cc2)cc1. The van der Waals surface area contributed by atoms with E-state index in [1.807, 2.05) is 163 Å². The van der Waals surface area contributed by atoms with Crippen LogP contribution in [0.15, 0.2) is 347 Å². The third kappa shape index (κ3) is 21.0. The molecular formula is C84H81O10S3+3. The zero-order valence-electron chi connectivity index (χ0n) is 55.7. The zero-order valence-corrected chi connectivity index (χ0v) is 58.1. The molecule has 0 heterocycles. The maximum Gasteiger partial charge on any atom is 0.349 e. The molecule has 0 aliphatic heterocycles. The van der Waals surface area contributed by atoms with Gasteiger partial charge in [0.2, 0.25) is 0 Å². The van der Waals surface area contributed by atoms with Crippen molar-refractivity contribution in [2.75, 3.05) is 6.61 Å². The Morgan fingerprint density at radius 2 is 0.546 bits per heavy atom. The topological polar surface area (TPSA) is 124 Å². The van der Waals surface area contributed by atoms with Crippen LogP contribution in [0.5, 0.6) is 40.2 Å². The number of rotatable bonds is 24. The van der Waals surface area contributed by atoms with Crippen molar-refractivity contribution in [2.45, 2.75) is 112 Å². The maximum atomic E-state index is 12.3. The van der Waals surface area contributed by atoms with Crippen LogP contribution in [0, 0.1) is 17.3 Å². The molecule has 0 aromatic heterocycles. The summed E-state index contributed by atoms with van der Waals surface area (Å²) in [6, 6.07) is 101. The molecule has 0 bridgehead atoms. The summed E-state index contributed by atoms with van der Waals surface area (Å²) in [5, 5.41) is 0. The highest BCUT2D eigenvalue weighted by Crippen LogP contribution is 2.37. The molecule has 97 heavy (non-hydrogen) atoms. The van der Waals surface area contributed by atoms with E-state index in [0.717, 1.165) is 29.2 Å². The minimum atomic E-state index is -0.593. The second-order valence-electron chi connectivity index (χ2n) is 23.1. The molecule has 0 radical (unpaired) electrons. The Bertz CT molecular complexity index is 4070. The zero-order chi connectivity index (χ0) is 68.4. The lowest BCUT2D eigenvalue weighted by Gasteiger charge is -2.20. The number of hydrogen-bond acceptors (Lipinski definition) is 10. The normalized spacial score (nSPS) is 11.6. The third-order valence-electron chi connectivity index (χ3n) is 15.6. The van der Waals surface area contributed by atoms with Gasteiger partial charge in [0.25, 0.3) is 0 Å². The molecule has 0 saturated heterocycles. The van der Waals surface area contributed by atoms with Gasteiger partial charge < -0.3 is 28.4 Å². The van der Waals surface area contributed by atoms with Gasteiger partial charge in [-0.05, 0) is 227 Å². The Kier molecular flexibility index (Phi) is 26.6. The van der Waals surface area contributed by atoms with Crippen LogP contribution >= 0.6 is 0 Å². The van der Waals surface area contributed by atoms with Crippen LogP contribution in [-0.4, -0.2) is 30.5 Å². The fourth-order valence-corrected chi connectivity index (χ4v) is 15.5. The van der Waals surface area contributed by atoms with Gasteiger partial charge in [0.05, 0.1) is 49.9 Å². The van der Waals surface area contributed by atoms with Crippen LogP contribution in [0.25, 0.3) is 0 Å². The molecule has 0 aliphatic rings. The van der Waals surface area contributed by atoms with E-state index < -0.39 is 11.4 Å². The molecule has 0 aliphatic carbocycles. The molecule has 11 rings (SSSR count). The molecule has 2 unspecified atom stereocenters. The van der Waals surface area contributed by atoms with E-state index in [0.29, 0.717) is 35.2 Å². The lowest BCUT2D eigenvalue weighted by molar-refractivity contribution is -0.156. The third-order valence-corrected chi connectivity index (χ3v) is 22.3. The quantitative estimate of drug-likeness (QED) is 0.0328. The molecule has 2 atom stereocenters.